The predicted octanol–water partition coefficient (Wildman–Crippen LogP) is 2.21. The van der Waals surface area contributed by atoms with Gasteiger partial charge in [-0.05, 0) is 22.6 Å². The van der Waals surface area contributed by atoms with Crippen LogP contribution in [0.5, 0.6) is 0 Å². The fourth-order valence-electron chi connectivity index (χ4n) is 2.29. The molecular formula is C15H15N3OS. The first-order chi connectivity index (χ1) is 9.81. The highest BCUT2D eigenvalue weighted by molar-refractivity contribution is 7.11. The van der Waals surface area contributed by atoms with Crippen LogP contribution >= 0.6 is 11.3 Å². The molecular weight excluding hydrogens is 270 g/mol. The first-order valence-electron chi connectivity index (χ1n) is 6.46. The van der Waals surface area contributed by atoms with E-state index in [0.717, 1.165) is 18.0 Å². The lowest BCUT2D eigenvalue weighted by Crippen LogP contribution is -2.31. The molecule has 0 radical (unpaired) electrons. The Morgan fingerprint density at radius 2 is 2.00 bits per heavy atom. The Labute approximate surface area is 121 Å². The molecule has 1 aliphatic rings. The van der Waals surface area contributed by atoms with E-state index in [-0.39, 0.29) is 5.91 Å². The van der Waals surface area contributed by atoms with Crippen molar-refractivity contribution < 1.29 is 4.79 Å². The quantitative estimate of drug-likeness (QED) is 0.691. The van der Waals surface area contributed by atoms with E-state index < -0.39 is 0 Å². The first-order valence-corrected chi connectivity index (χ1v) is 7.34. The summed E-state index contributed by atoms with van der Waals surface area (Å²) in [5.41, 5.74) is 5.19. The number of hydrazone groups is 1. The number of fused-ring (bicyclic) bond motifs is 1. The van der Waals surface area contributed by atoms with Gasteiger partial charge in [0, 0.05) is 18.0 Å². The molecule has 1 amide bonds. The predicted molar refractivity (Wildman–Crippen MR) is 80.6 cm³/mol. The number of carbonyl (C=O) groups is 1. The van der Waals surface area contributed by atoms with Crippen molar-refractivity contribution in [3.63, 3.8) is 0 Å². The van der Waals surface area contributed by atoms with Crippen molar-refractivity contribution in [1.82, 2.24) is 10.3 Å². The number of hydrogen-bond acceptors (Lipinski definition) is 4. The summed E-state index contributed by atoms with van der Waals surface area (Å²) in [7, 11) is 0. The van der Waals surface area contributed by atoms with Gasteiger partial charge in [-0.15, -0.1) is 11.3 Å². The van der Waals surface area contributed by atoms with Gasteiger partial charge in [0.05, 0.1) is 12.8 Å². The van der Waals surface area contributed by atoms with Crippen molar-refractivity contribution in [2.45, 2.75) is 13.1 Å². The molecule has 0 fully saturated rings. The number of benzene rings is 1. The maximum atomic E-state index is 11.8. The van der Waals surface area contributed by atoms with Crippen LogP contribution < -0.4 is 5.43 Å². The second kappa shape index (κ2) is 5.98. The van der Waals surface area contributed by atoms with E-state index in [1.54, 1.807) is 17.6 Å². The molecule has 5 heteroatoms. The van der Waals surface area contributed by atoms with E-state index in [1.807, 2.05) is 29.6 Å². The molecule has 2 aromatic rings. The molecule has 2 heterocycles. The zero-order valence-corrected chi connectivity index (χ0v) is 11.8. The lowest BCUT2D eigenvalue weighted by atomic mass is 10.1. The van der Waals surface area contributed by atoms with Gasteiger partial charge in [0.2, 0.25) is 0 Å². The summed E-state index contributed by atoms with van der Waals surface area (Å²) in [5.74, 6) is -0.0781. The molecule has 0 unspecified atom stereocenters. The van der Waals surface area contributed by atoms with Crippen LogP contribution in [-0.2, 0) is 17.9 Å². The molecule has 0 spiro atoms. The molecule has 0 atom stereocenters. The summed E-state index contributed by atoms with van der Waals surface area (Å²) < 4.78 is 0. The monoisotopic (exact) mass is 285 g/mol. The van der Waals surface area contributed by atoms with Crippen LogP contribution in [0.2, 0.25) is 0 Å². The number of nitrogens with one attached hydrogen (secondary N) is 1. The number of amides is 1. The number of nitrogens with zero attached hydrogens (tertiary/aromatic N) is 2. The maximum Gasteiger partial charge on any atom is 0.254 e. The maximum absolute atomic E-state index is 11.8. The van der Waals surface area contributed by atoms with Crippen LogP contribution in [0.1, 0.15) is 16.0 Å². The van der Waals surface area contributed by atoms with Gasteiger partial charge < -0.3 is 0 Å². The number of carbonyl (C=O) groups excluding carboxylic acids is 1. The van der Waals surface area contributed by atoms with Crippen molar-refractivity contribution in [3.05, 3.63) is 57.8 Å². The Hall–Kier alpha value is -1.98. The van der Waals surface area contributed by atoms with Gasteiger partial charge in [0.25, 0.3) is 5.91 Å². The fourth-order valence-corrected chi connectivity index (χ4v) is 2.87. The van der Waals surface area contributed by atoms with Gasteiger partial charge in [0.1, 0.15) is 0 Å². The van der Waals surface area contributed by atoms with E-state index >= 15 is 0 Å². The molecule has 0 saturated heterocycles. The molecule has 20 heavy (non-hydrogen) atoms. The summed E-state index contributed by atoms with van der Waals surface area (Å²) in [6, 6.07) is 12.2. The summed E-state index contributed by atoms with van der Waals surface area (Å²) in [5, 5.41) is 5.94. The Kier molecular flexibility index (Phi) is 3.90. The average Bonchev–Trinajstić information content (AvgIpc) is 3.06. The summed E-state index contributed by atoms with van der Waals surface area (Å²) >= 11 is 1.59. The molecule has 1 aromatic heterocycles. The molecule has 0 bridgehead atoms. The topological polar surface area (TPSA) is 44.7 Å². The summed E-state index contributed by atoms with van der Waals surface area (Å²) in [6.45, 7) is 2.03. The fraction of sp³-hybridized carbons (Fsp3) is 0.200. The zero-order chi connectivity index (χ0) is 13.8. The van der Waals surface area contributed by atoms with Crippen molar-refractivity contribution in [3.8, 4) is 0 Å². The Morgan fingerprint density at radius 1 is 1.25 bits per heavy atom. The van der Waals surface area contributed by atoms with Gasteiger partial charge in [0.15, 0.2) is 0 Å². The van der Waals surface area contributed by atoms with Crippen LogP contribution in [0.25, 0.3) is 0 Å². The van der Waals surface area contributed by atoms with Crippen LogP contribution in [0, 0.1) is 0 Å². The van der Waals surface area contributed by atoms with Gasteiger partial charge in [-0.1, -0.05) is 30.3 Å². The summed E-state index contributed by atoms with van der Waals surface area (Å²) in [4.78, 5) is 15.0. The molecule has 1 aliphatic heterocycles. The third-order valence-corrected chi connectivity index (χ3v) is 4.00. The molecule has 1 aromatic carbocycles. The van der Waals surface area contributed by atoms with Gasteiger partial charge in [-0.3, -0.25) is 9.69 Å². The van der Waals surface area contributed by atoms with E-state index in [2.05, 4.69) is 27.6 Å². The lowest BCUT2D eigenvalue weighted by Gasteiger charge is -2.12. The molecule has 0 aliphatic carbocycles. The van der Waals surface area contributed by atoms with Crippen molar-refractivity contribution in [2.24, 2.45) is 5.10 Å². The minimum atomic E-state index is -0.0781. The normalized spacial score (nSPS) is 14.6. The Morgan fingerprint density at radius 3 is 2.65 bits per heavy atom. The Balaban J connectivity index is 1.49. The minimum absolute atomic E-state index is 0.0781. The number of rotatable bonds is 4. The van der Waals surface area contributed by atoms with Crippen molar-refractivity contribution >= 4 is 23.5 Å². The lowest BCUT2D eigenvalue weighted by molar-refractivity contribution is -0.122. The van der Waals surface area contributed by atoms with E-state index in [4.69, 9.17) is 0 Å². The third kappa shape index (κ3) is 3.12. The van der Waals surface area contributed by atoms with E-state index in [1.165, 1.54) is 11.1 Å². The SMILES string of the molecule is O=C(CN1Cc2ccccc2C1)N/N=C/c1cccs1. The minimum Gasteiger partial charge on any atom is -0.286 e. The molecule has 0 saturated carbocycles. The van der Waals surface area contributed by atoms with Crippen molar-refractivity contribution in [1.29, 1.82) is 0 Å². The van der Waals surface area contributed by atoms with Gasteiger partial charge in [-0.2, -0.15) is 5.10 Å². The molecule has 1 N–H and O–H groups in total. The second-order valence-corrected chi connectivity index (χ2v) is 5.70. The van der Waals surface area contributed by atoms with Crippen LogP contribution in [0.4, 0.5) is 0 Å². The third-order valence-electron chi connectivity index (χ3n) is 3.20. The van der Waals surface area contributed by atoms with E-state index in [0.29, 0.717) is 6.54 Å². The average molecular weight is 285 g/mol. The smallest absolute Gasteiger partial charge is 0.254 e. The van der Waals surface area contributed by atoms with Crippen LogP contribution in [-0.4, -0.2) is 23.6 Å². The van der Waals surface area contributed by atoms with Crippen LogP contribution in [0.15, 0.2) is 46.9 Å². The highest BCUT2D eigenvalue weighted by Crippen LogP contribution is 2.21. The standard InChI is InChI=1S/C15H15N3OS/c19-15(17-16-8-14-6-3-7-20-14)11-18-9-12-4-1-2-5-13(12)10-18/h1-8H,9-11H2,(H,17,19)/b16-8+. The zero-order valence-electron chi connectivity index (χ0n) is 11.0. The largest absolute Gasteiger partial charge is 0.286 e. The van der Waals surface area contributed by atoms with Crippen molar-refractivity contribution in [2.75, 3.05) is 6.54 Å². The second-order valence-electron chi connectivity index (χ2n) is 4.72. The first kappa shape index (κ1) is 13.0. The molecule has 102 valence electrons. The number of thiophene rings is 1. The highest BCUT2D eigenvalue weighted by atomic mass is 32.1. The van der Waals surface area contributed by atoms with Gasteiger partial charge >= 0.3 is 0 Å². The summed E-state index contributed by atoms with van der Waals surface area (Å²) in [6.07, 6.45) is 1.67. The Bertz CT molecular complexity index is 597. The highest BCUT2D eigenvalue weighted by Gasteiger charge is 2.19. The molecule has 3 rings (SSSR count). The van der Waals surface area contributed by atoms with Crippen LogP contribution in [0.3, 0.4) is 0 Å². The number of hydrogen-bond donors (Lipinski definition) is 1. The molecule has 4 nitrogen and oxygen atoms in total. The van der Waals surface area contributed by atoms with Gasteiger partial charge in [-0.25, -0.2) is 5.43 Å². The van der Waals surface area contributed by atoms with E-state index in [9.17, 15) is 4.79 Å².